The lowest BCUT2D eigenvalue weighted by Gasteiger charge is -1.96. The van der Waals surface area contributed by atoms with E-state index in [9.17, 15) is 0 Å². The molecule has 0 bridgehead atoms. The van der Waals surface area contributed by atoms with Crippen LogP contribution >= 0.6 is 0 Å². The second kappa shape index (κ2) is 5.06. The van der Waals surface area contributed by atoms with E-state index in [1.807, 2.05) is 20.8 Å². The zero-order chi connectivity index (χ0) is 6.41. The van der Waals surface area contributed by atoms with Crippen LogP contribution in [0.2, 0.25) is 0 Å². The van der Waals surface area contributed by atoms with E-state index >= 15 is 0 Å². The molecule has 1 unspecified atom stereocenters. The first-order valence-electron chi connectivity index (χ1n) is 3.24. The molecule has 1 saturated heterocycles. The van der Waals surface area contributed by atoms with Gasteiger partial charge in [0, 0.05) is 6.54 Å². The third kappa shape index (κ3) is 2.99. The van der Waals surface area contributed by atoms with E-state index in [0.29, 0.717) is 6.23 Å². The van der Waals surface area contributed by atoms with Gasteiger partial charge in [-0.25, -0.2) is 0 Å². The Morgan fingerprint density at radius 1 is 1.50 bits per heavy atom. The molecule has 1 aliphatic heterocycles. The maximum atomic E-state index is 5.04. The Labute approximate surface area is 51.2 Å². The minimum absolute atomic E-state index is 0.296. The summed E-state index contributed by atoms with van der Waals surface area (Å²) in [5, 5.41) is 3.10. The summed E-state index contributed by atoms with van der Waals surface area (Å²) < 4.78 is 5.04. The highest BCUT2D eigenvalue weighted by atomic mass is 16.5. The van der Waals surface area contributed by atoms with Crippen LogP contribution in [0.3, 0.4) is 0 Å². The van der Waals surface area contributed by atoms with Crippen molar-refractivity contribution in [1.82, 2.24) is 5.32 Å². The lowest BCUT2D eigenvalue weighted by Crippen LogP contribution is -2.17. The van der Waals surface area contributed by atoms with Gasteiger partial charge in [0.2, 0.25) is 0 Å². The minimum atomic E-state index is 0.296. The van der Waals surface area contributed by atoms with Crippen LogP contribution in [0.4, 0.5) is 0 Å². The van der Waals surface area contributed by atoms with Crippen molar-refractivity contribution in [2.75, 3.05) is 13.2 Å². The Hall–Kier alpha value is -0.0800. The Morgan fingerprint density at radius 3 is 2.25 bits per heavy atom. The van der Waals surface area contributed by atoms with Gasteiger partial charge in [0.25, 0.3) is 0 Å². The second-order valence-electron chi connectivity index (χ2n) is 1.47. The van der Waals surface area contributed by atoms with Gasteiger partial charge in [-0.15, -0.1) is 0 Å². The summed E-state index contributed by atoms with van der Waals surface area (Å²) in [5.74, 6) is 0. The van der Waals surface area contributed by atoms with E-state index in [2.05, 4.69) is 5.32 Å². The topological polar surface area (TPSA) is 21.3 Å². The molecule has 1 aliphatic rings. The molecule has 0 amide bonds. The van der Waals surface area contributed by atoms with Gasteiger partial charge in [0.15, 0.2) is 0 Å². The molecule has 0 radical (unpaired) electrons. The molecule has 0 spiro atoms. The van der Waals surface area contributed by atoms with Gasteiger partial charge in [-0.1, -0.05) is 13.8 Å². The van der Waals surface area contributed by atoms with Crippen molar-refractivity contribution < 1.29 is 4.74 Å². The highest BCUT2D eigenvalue weighted by molar-refractivity contribution is 4.54. The van der Waals surface area contributed by atoms with Gasteiger partial charge in [0.1, 0.15) is 6.23 Å². The van der Waals surface area contributed by atoms with Crippen LogP contribution in [-0.2, 0) is 4.74 Å². The predicted octanol–water partition coefficient (Wildman–Crippen LogP) is 0.978. The maximum Gasteiger partial charge on any atom is 0.105 e. The van der Waals surface area contributed by atoms with Crippen molar-refractivity contribution >= 4 is 0 Å². The van der Waals surface area contributed by atoms with Gasteiger partial charge in [-0.3, -0.25) is 5.32 Å². The Morgan fingerprint density at radius 2 is 2.12 bits per heavy atom. The van der Waals surface area contributed by atoms with Crippen molar-refractivity contribution in [3.05, 3.63) is 0 Å². The molecule has 1 heterocycles. The van der Waals surface area contributed by atoms with Crippen molar-refractivity contribution in [1.29, 1.82) is 0 Å². The predicted molar refractivity (Wildman–Crippen MR) is 34.8 cm³/mol. The third-order valence-corrected chi connectivity index (χ3v) is 0.902. The molecular weight excluding hydrogens is 102 g/mol. The lowest BCUT2D eigenvalue weighted by molar-refractivity contribution is 0.116. The number of hydrogen-bond acceptors (Lipinski definition) is 2. The Balaban J connectivity index is 0.000000222. The highest BCUT2D eigenvalue weighted by Crippen LogP contribution is 1.89. The largest absolute Gasteiger partial charge is 0.362 e. The van der Waals surface area contributed by atoms with Gasteiger partial charge < -0.3 is 4.74 Å². The zero-order valence-electron chi connectivity index (χ0n) is 5.90. The Bertz CT molecular complexity index is 41.8. The average Bonchev–Trinajstić information content (AvgIpc) is 2.24. The average molecular weight is 117 g/mol. The van der Waals surface area contributed by atoms with Crippen LogP contribution < -0.4 is 5.32 Å². The van der Waals surface area contributed by atoms with Crippen LogP contribution in [0, 0.1) is 0 Å². The summed E-state index contributed by atoms with van der Waals surface area (Å²) >= 11 is 0. The first-order valence-corrected chi connectivity index (χ1v) is 3.24. The summed E-state index contributed by atoms with van der Waals surface area (Å²) in [6.07, 6.45) is 0.296. The second-order valence-corrected chi connectivity index (χ2v) is 1.47. The van der Waals surface area contributed by atoms with E-state index in [4.69, 9.17) is 4.74 Å². The molecule has 0 aromatic carbocycles. The summed E-state index contributed by atoms with van der Waals surface area (Å²) in [5.41, 5.74) is 0. The number of rotatable bonds is 0. The van der Waals surface area contributed by atoms with Gasteiger partial charge in [-0.2, -0.15) is 0 Å². The molecule has 1 rings (SSSR count). The first-order chi connectivity index (χ1) is 3.89. The monoisotopic (exact) mass is 117 g/mol. The standard InChI is InChI=1S/C4H9NO.C2H6/c1-4-5-2-3-6-4;1-2/h4-5H,2-3H2,1H3;1-2H3. The SMILES string of the molecule is CC.CC1NCCO1. The van der Waals surface area contributed by atoms with Crippen molar-refractivity contribution in [3.8, 4) is 0 Å². The minimum Gasteiger partial charge on any atom is -0.362 e. The van der Waals surface area contributed by atoms with Crippen molar-refractivity contribution in [3.63, 3.8) is 0 Å². The van der Waals surface area contributed by atoms with Gasteiger partial charge in [-0.05, 0) is 6.92 Å². The summed E-state index contributed by atoms with van der Waals surface area (Å²) in [6, 6.07) is 0. The molecule has 0 aromatic rings. The van der Waals surface area contributed by atoms with Crippen LogP contribution in [0.15, 0.2) is 0 Å². The molecule has 1 fully saturated rings. The molecule has 1 atom stereocenters. The highest BCUT2D eigenvalue weighted by Gasteiger charge is 2.05. The molecular formula is C6H15NO. The number of hydrogen-bond donors (Lipinski definition) is 1. The molecule has 0 aliphatic carbocycles. The quantitative estimate of drug-likeness (QED) is 0.510. The van der Waals surface area contributed by atoms with Crippen LogP contribution in [0.1, 0.15) is 20.8 Å². The van der Waals surface area contributed by atoms with Crippen LogP contribution in [0.25, 0.3) is 0 Å². The van der Waals surface area contributed by atoms with E-state index < -0.39 is 0 Å². The van der Waals surface area contributed by atoms with Crippen LogP contribution in [-0.4, -0.2) is 19.4 Å². The van der Waals surface area contributed by atoms with Crippen LogP contribution in [0.5, 0.6) is 0 Å². The molecule has 1 N–H and O–H groups in total. The summed E-state index contributed by atoms with van der Waals surface area (Å²) in [4.78, 5) is 0. The fraction of sp³-hybridized carbons (Fsp3) is 1.00. The normalized spacial score (nSPS) is 26.6. The maximum absolute atomic E-state index is 5.04. The molecule has 2 nitrogen and oxygen atoms in total. The van der Waals surface area contributed by atoms with Crippen molar-refractivity contribution in [2.45, 2.75) is 27.0 Å². The molecule has 2 heteroatoms. The van der Waals surface area contributed by atoms with E-state index in [1.54, 1.807) is 0 Å². The third-order valence-electron chi connectivity index (χ3n) is 0.902. The summed E-state index contributed by atoms with van der Waals surface area (Å²) in [7, 11) is 0. The van der Waals surface area contributed by atoms with Gasteiger partial charge >= 0.3 is 0 Å². The fourth-order valence-corrected chi connectivity index (χ4v) is 0.557. The lowest BCUT2D eigenvalue weighted by atomic mass is 10.7. The molecule has 8 heavy (non-hydrogen) atoms. The van der Waals surface area contributed by atoms with E-state index in [0.717, 1.165) is 13.2 Å². The molecule has 0 saturated carbocycles. The Kier molecular flexibility index (Phi) is 5.01. The fourth-order valence-electron chi connectivity index (χ4n) is 0.557. The van der Waals surface area contributed by atoms with E-state index in [-0.39, 0.29) is 0 Å². The van der Waals surface area contributed by atoms with Gasteiger partial charge in [0.05, 0.1) is 6.61 Å². The smallest absolute Gasteiger partial charge is 0.105 e. The zero-order valence-corrected chi connectivity index (χ0v) is 5.90. The molecule has 50 valence electrons. The van der Waals surface area contributed by atoms with E-state index in [1.165, 1.54) is 0 Å². The number of ether oxygens (including phenoxy) is 1. The first kappa shape index (κ1) is 7.92. The number of nitrogens with one attached hydrogen (secondary N) is 1. The van der Waals surface area contributed by atoms with Crippen molar-refractivity contribution in [2.24, 2.45) is 0 Å². The molecule has 0 aromatic heterocycles. The summed E-state index contributed by atoms with van der Waals surface area (Å²) in [6.45, 7) is 7.90.